The van der Waals surface area contributed by atoms with E-state index in [0.717, 1.165) is 6.07 Å². The highest BCUT2D eigenvalue weighted by Gasteiger charge is 2.40. The molecule has 2 N–H and O–H groups in total. The van der Waals surface area contributed by atoms with E-state index in [-0.39, 0.29) is 65.9 Å². The lowest BCUT2D eigenvalue weighted by atomic mass is 9.74. The van der Waals surface area contributed by atoms with Crippen LogP contribution in [0.4, 0.5) is 13.2 Å². The maximum absolute atomic E-state index is 15.7. The van der Waals surface area contributed by atoms with Crippen molar-refractivity contribution in [2.75, 3.05) is 18.2 Å². The van der Waals surface area contributed by atoms with Gasteiger partial charge in [-0.25, -0.2) is 31.3 Å². The van der Waals surface area contributed by atoms with E-state index in [2.05, 4.69) is 10.1 Å². The van der Waals surface area contributed by atoms with Crippen molar-refractivity contribution in [3.8, 4) is 22.9 Å². The monoisotopic (exact) mass is 708 g/mol. The molecule has 50 heavy (non-hydrogen) atoms. The average Bonchev–Trinajstić information content (AvgIpc) is 3.68. The molecule has 2 aromatic heterocycles. The fraction of sp³-hybridized carbons (Fsp3) is 0.378. The molecule has 0 saturated heterocycles. The second-order valence-corrected chi connectivity index (χ2v) is 16.1. The van der Waals surface area contributed by atoms with E-state index in [1.54, 1.807) is 43.6 Å². The molecule has 1 atom stereocenters. The van der Waals surface area contributed by atoms with Crippen molar-refractivity contribution in [3.63, 3.8) is 0 Å². The van der Waals surface area contributed by atoms with Gasteiger partial charge in [0.15, 0.2) is 33.1 Å². The summed E-state index contributed by atoms with van der Waals surface area (Å²) >= 11 is 0. The number of ether oxygens (including phenoxy) is 1. The molecule has 0 fully saturated rings. The van der Waals surface area contributed by atoms with Crippen LogP contribution in [0.15, 0.2) is 60.8 Å². The Bertz CT molecular complexity index is 2180. The largest absolute Gasteiger partial charge is 0.481 e. The summed E-state index contributed by atoms with van der Waals surface area (Å²) < 4.78 is 81.6. The number of carbonyl (C=O) groups is 1. The normalized spacial score (nSPS) is 19.2. The third-order valence-electron chi connectivity index (χ3n) is 9.52. The van der Waals surface area contributed by atoms with Crippen LogP contribution in [-0.4, -0.2) is 57.4 Å². The molecule has 4 bridgehead atoms. The first-order valence-corrected chi connectivity index (χ1v) is 18.3. The summed E-state index contributed by atoms with van der Waals surface area (Å²) in [5, 5.41) is 14.5. The van der Waals surface area contributed by atoms with Crippen molar-refractivity contribution in [2.24, 2.45) is 12.5 Å². The van der Waals surface area contributed by atoms with Crippen molar-refractivity contribution in [2.45, 2.75) is 57.8 Å². The SMILES string of the molecule is Cn1nc2nc1-c1cc(ccc1F)Oc1c(F)cc3[nH]ccc3c1CCS(=O)(=O)CC(C)(C)CCCC2(CF)c1cccc(CCC(=O)O)c1. The van der Waals surface area contributed by atoms with Crippen molar-refractivity contribution >= 4 is 26.7 Å². The summed E-state index contributed by atoms with van der Waals surface area (Å²) in [6, 6.07) is 13.9. The number of aromatic amines is 1. The van der Waals surface area contributed by atoms with Gasteiger partial charge < -0.3 is 14.8 Å². The van der Waals surface area contributed by atoms with Crippen molar-refractivity contribution in [1.29, 1.82) is 0 Å². The van der Waals surface area contributed by atoms with Crippen LogP contribution in [0.5, 0.6) is 11.5 Å². The number of hydrogen-bond acceptors (Lipinski definition) is 6. The Hall–Kier alpha value is -4.65. The van der Waals surface area contributed by atoms with Gasteiger partial charge in [-0.2, -0.15) is 5.10 Å². The number of nitrogens with one attached hydrogen (secondary N) is 1. The number of nitrogens with zero attached hydrogens (tertiary/aromatic N) is 3. The average molecular weight is 709 g/mol. The molecule has 264 valence electrons. The van der Waals surface area contributed by atoms with Crippen LogP contribution in [0.3, 0.4) is 0 Å². The zero-order valence-corrected chi connectivity index (χ0v) is 28.9. The molecule has 0 amide bonds. The molecule has 0 spiro atoms. The van der Waals surface area contributed by atoms with E-state index >= 15 is 13.2 Å². The number of H-pyrrole nitrogens is 1. The number of aromatic nitrogens is 4. The van der Waals surface area contributed by atoms with Gasteiger partial charge in [-0.1, -0.05) is 44.5 Å². The predicted octanol–water partition coefficient (Wildman–Crippen LogP) is 7.47. The quantitative estimate of drug-likeness (QED) is 0.194. The summed E-state index contributed by atoms with van der Waals surface area (Å²) in [6.07, 6.45) is 2.75. The van der Waals surface area contributed by atoms with Gasteiger partial charge in [0.1, 0.15) is 18.2 Å². The van der Waals surface area contributed by atoms with Crippen LogP contribution in [0.2, 0.25) is 0 Å². The zero-order chi connectivity index (χ0) is 35.8. The number of rotatable bonds is 5. The number of fused-ring (bicyclic) bond motifs is 8. The lowest BCUT2D eigenvalue weighted by Gasteiger charge is -2.31. The van der Waals surface area contributed by atoms with Crippen molar-refractivity contribution in [1.82, 2.24) is 19.7 Å². The summed E-state index contributed by atoms with van der Waals surface area (Å²) in [5.74, 6) is -2.65. The lowest BCUT2D eigenvalue weighted by molar-refractivity contribution is -0.136. The minimum absolute atomic E-state index is 0.0128. The van der Waals surface area contributed by atoms with E-state index < -0.39 is 44.9 Å². The van der Waals surface area contributed by atoms with E-state index in [4.69, 9.17) is 9.72 Å². The summed E-state index contributed by atoms with van der Waals surface area (Å²) in [7, 11) is -2.10. The van der Waals surface area contributed by atoms with Crippen molar-refractivity contribution in [3.05, 3.63) is 94.9 Å². The Morgan fingerprint density at radius 3 is 2.64 bits per heavy atom. The first-order valence-electron chi connectivity index (χ1n) is 16.5. The van der Waals surface area contributed by atoms with E-state index in [1.807, 2.05) is 13.8 Å². The smallest absolute Gasteiger partial charge is 0.303 e. The second kappa shape index (κ2) is 13.6. The highest BCUT2D eigenvalue weighted by Crippen LogP contribution is 2.41. The lowest BCUT2D eigenvalue weighted by Crippen LogP contribution is -2.33. The van der Waals surface area contributed by atoms with Crippen LogP contribution in [0.1, 0.15) is 62.0 Å². The topological polar surface area (TPSA) is 127 Å². The number of sulfone groups is 1. The van der Waals surface area contributed by atoms with Gasteiger partial charge in [0.05, 0.1) is 22.5 Å². The number of aliphatic carboxylic acids is 1. The fourth-order valence-corrected chi connectivity index (χ4v) is 8.99. The maximum atomic E-state index is 15.7. The number of hydrogen-bond donors (Lipinski definition) is 2. The van der Waals surface area contributed by atoms with Gasteiger partial charge in [-0.15, -0.1) is 0 Å². The number of halogens is 3. The fourth-order valence-electron chi connectivity index (χ4n) is 6.99. The number of benzene rings is 3. The zero-order valence-electron chi connectivity index (χ0n) is 28.1. The molecule has 1 aliphatic heterocycles. The molecule has 1 aliphatic rings. The summed E-state index contributed by atoms with van der Waals surface area (Å²) in [6.45, 7) is 2.77. The molecule has 0 aliphatic carbocycles. The van der Waals surface area contributed by atoms with Crippen LogP contribution in [-0.2, 0) is 39.9 Å². The van der Waals surface area contributed by atoms with Gasteiger partial charge in [-0.05, 0) is 66.5 Å². The molecule has 5 aromatic rings. The summed E-state index contributed by atoms with van der Waals surface area (Å²) in [4.78, 5) is 19.0. The number of carboxylic acid groups (broad SMARTS) is 1. The van der Waals surface area contributed by atoms with E-state index in [9.17, 15) is 18.3 Å². The Balaban J connectivity index is 1.52. The van der Waals surface area contributed by atoms with Gasteiger partial charge in [0.2, 0.25) is 0 Å². The summed E-state index contributed by atoms with van der Waals surface area (Å²) in [5.41, 5.74) is -0.0518. The van der Waals surface area contributed by atoms with Gasteiger partial charge in [0.25, 0.3) is 0 Å². The molecule has 3 aromatic carbocycles. The maximum Gasteiger partial charge on any atom is 0.303 e. The number of aryl methyl sites for hydroxylation is 3. The molecule has 3 heterocycles. The first-order chi connectivity index (χ1) is 23.7. The number of alkyl halides is 1. The Kier molecular flexibility index (Phi) is 9.55. The minimum atomic E-state index is -3.67. The highest BCUT2D eigenvalue weighted by atomic mass is 32.2. The molecule has 6 rings (SSSR count). The standard InChI is InChI=1S/C37H39F3N4O5S/c1-36(2)14-5-15-37(21-38,24-7-4-6-23(18-24)8-11-32(45)46)35-42-34(44(3)43-35)28-19-25(9-10-29(28)39)49-33-27(13-17-50(47,48)22-36)26-12-16-41-31(26)20-30(33)40/h4,6-7,9-10,12,16,18-20,41H,5,8,11,13-15,17,21-22H2,1-3H3,(H,45,46). The molecule has 1 unspecified atom stereocenters. The Morgan fingerprint density at radius 1 is 1.08 bits per heavy atom. The van der Waals surface area contributed by atoms with Crippen LogP contribution in [0, 0.1) is 17.0 Å². The van der Waals surface area contributed by atoms with Crippen molar-refractivity contribution < 1.29 is 36.2 Å². The minimum Gasteiger partial charge on any atom is -0.481 e. The molecule has 13 heteroatoms. The Labute approximate surface area is 288 Å². The molecule has 0 saturated carbocycles. The van der Waals surface area contributed by atoms with E-state index in [1.165, 1.54) is 22.9 Å². The third-order valence-corrected chi connectivity index (χ3v) is 11.6. The van der Waals surface area contributed by atoms with Gasteiger partial charge in [0, 0.05) is 42.2 Å². The van der Waals surface area contributed by atoms with Crippen LogP contribution >= 0.6 is 0 Å². The van der Waals surface area contributed by atoms with Crippen LogP contribution in [0.25, 0.3) is 22.3 Å². The van der Waals surface area contributed by atoms with Crippen LogP contribution < -0.4 is 4.74 Å². The van der Waals surface area contributed by atoms with Gasteiger partial charge >= 0.3 is 5.97 Å². The highest BCUT2D eigenvalue weighted by molar-refractivity contribution is 7.91. The first kappa shape index (κ1) is 35.2. The van der Waals surface area contributed by atoms with Gasteiger partial charge in [-0.3, -0.25) is 4.79 Å². The second-order valence-electron chi connectivity index (χ2n) is 13.9. The molecule has 9 nitrogen and oxygen atoms in total. The molecule has 0 radical (unpaired) electrons. The third kappa shape index (κ3) is 7.14. The Morgan fingerprint density at radius 2 is 1.88 bits per heavy atom. The van der Waals surface area contributed by atoms with E-state index in [0.29, 0.717) is 40.4 Å². The number of carboxylic acids is 1. The molecular formula is C37H39F3N4O5S. The predicted molar refractivity (Wildman–Crippen MR) is 184 cm³/mol. The molecular weight excluding hydrogens is 669 g/mol.